The molecule has 3 fully saturated rings. The van der Waals surface area contributed by atoms with E-state index in [4.69, 9.17) is 14.5 Å². The van der Waals surface area contributed by atoms with E-state index in [0.717, 1.165) is 58.2 Å². The predicted molar refractivity (Wildman–Crippen MR) is 162 cm³/mol. The van der Waals surface area contributed by atoms with Crippen LogP contribution in [0.1, 0.15) is 51.0 Å². The van der Waals surface area contributed by atoms with Crippen molar-refractivity contribution in [3.63, 3.8) is 0 Å². The van der Waals surface area contributed by atoms with Crippen molar-refractivity contribution < 1.29 is 23.4 Å². The molecule has 0 unspecified atom stereocenters. The van der Waals surface area contributed by atoms with E-state index in [1.54, 1.807) is 12.1 Å². The van der Waals surface area contributed by atoms with Gasteiger partial charge in [0, 0.05) is 19.2 Å². The van der Waals surface area contributed by atoms with E-state index in [1.807, 2.05) is 18.9 Å². The Morgan fingerprint density at radius 1 is 1.07 bits per heavy atom. The molecule has 0 radical (unpaired) electrons. The molecule has 2 aliphatic heterocycles. The summed E-state index contributed by atoms with van der Waals surface area (Å²) in [6.45, 7) is 5.17. The maximum atomic E-state index is 16.9. The van der Waals surface area contributed by atoms with Gasteiger partial charge in [0.2, 0.25) is 5.88 Å². The molecule has 10 heteroatoms. The second kappa shape index (κ2) is 10.7. The summed E-state index contributed by atoms with van der Waals surface area (Å²) >= 11 is 0. The van der Waals surface area contributed by atoms with Crippen LogP contribution < -0.4 is 14.4 Å². The van der Waals surface area contributed by atoms with Crippen LogP contribution in [0.3, 0.4) is 0 Å². The zero-order chi connectivity index (χ0) is 29.9. The third-order valence-corrected chi connectivity index (χ3v) is 9.54. The Balaban J connectivity index is 1.42. The van der Waals surface area contributed by atoms with Crippen molar-refractivity contribution in [2.75, 3.05) is 45.3 Å². The Morgan fingerprint density at radius 3 is 2.53 bits per heavy atom. The normalized spacial score (nSPS) is 18.0. The molecule has 0 bridgehead atoms. The zero-order valence-corrected chi connectivity index (χ0v) is 24.9. The highest BCUT2D eigenvalue weighted by Gasteiger charge is 2.45. The molecule has 0 amide bonds. The van der Waals surface area contributed by atoms with Crippen LogP contribution in [0.25, 0.3) is 32.9 Å². The van der Waals surface area contributed by atoms with Crippen LogP contribution >= 0.6 is 0 Å². The van der Waals surface area contributed by atoms with Gasteiger partial charge >= 0.3 is 6.01 Å². The van der Waals surface area contributed by atoms with Crippen LogP contribution in [0.4, 0.5) is 14.6 Å². The number of ether oxygens (including phenoxy) is 2. The Hall–Kier alpha value is -3.79. The number of aromatic hydroxyl groups is 1. The van der Waals surface area contributed by atoms with E-state index in [1.165, 1.54) is 19.2 Å². The zero-order valence-electron chi connectivity index (χ0n) is 24.9. The maximum absolute atomic E-state index is 16.9. The molecular weight excluding hydrogens is 552 g/mol. The summed E-state index contributed by atoms with van der Waals surface area (Å²) < 4.78 is 43.9. The van der Waals surface area contributed by atoms with Crippen LogP contribution in [-0.4, -0.2) is 70.9 Å². The van der Waals surface area contributed by atoms with Crippen molar-refractivity contribution in [1.29, 1.82) is 0 Å². The number of methoxy groups -OCH3 is 1. The van der Waals surface area contributed by atoms with Crippen molar-refractivity contribution in [3.8, 4) is 28.9 Å². The molecule has 1 N–H and O–H groups in total. The number of pyridine rings is 1. The van der Waals surface area contributed by atoms with Crippen LogP contribution in [0.2, 0.25) is 0 Å². The van der Waals surface area contributed by atoms with Gasteiger partial charge in [-0.15, -0.1) is 0 Å². The van der Waals surface area contributed by atoms with E-state index in [2.05, 4.69) is 14.9 Å². The minimum absolute atomic E-state index is 0.0163. The van der Waals surface area contributed by atoms with Crippen LogP contribution in [0, 0.1) is 17.6 Å². The third-order valence-electron chi connectivity index (χ3n) is 9.54. The van der Waals surface area contributed by atoms with Gasteiger partial charge in [-0.05, 0) is 98.5 Å². The van der Waals surface area contributed by atoms with E-state index >= 15 is 4.39 Å². The number of halogens is 2. The summed E-state index contributed by atoms with van der Waals surface area (Å²) in [7, 11) is 3.41. The van der Waals surface area contributed by atoms with Gasteiger partial charge in [0.25, 0.3) is 0 Å². The molecule has 4 aromatic rings. The molecule has 43 heavy (non-hydrogen) atoms. The number of aromatic nitrogens is 3. The van der Waals surface area contributed by atoms with Crippen molar-refractivity contribution in [1.82, 2.24) is 19.9 Å². The molecule has 2 aromatic carbocycles. The molecule has 3 aliphatic rings. The minimum Gasteiger partial charge on any atom is -0.508 e. The summed E-state index contributed by atoms with van der Waals surface area (Å²) in [5.74, 6) is 0.0129. The average molecular weight is 590 g/mol. The number of benzene rings is 2. The average Bonchev–Trinajstić information content (AvgIpc) is 3.59. The number of hydrogen-bond donors (Lipinski definition) is 1. The van der Waals surface area contributed by atoms with Gasteiger partial charge in [-0.25, -0.2) is 13.8 Å². The molecule has 4 heterocycles. The largest absolute Gasteiger partial charge is 0.508 e. The van der Waals surface area contributed by atoms with Gasteiger partial charge in [-0.3, -0.25) is 4.90 Å². The smallest absolute Gasteiger partial charge is 0.319 e. The molecule has 2 aromatic heterocycles. The summed E-state index contributed by atoms with van der Waals surface area (Å²) in [6.07, 6.45) is 7.06. The van der Waals surface area contributed by atoms with E-state index in [-0.39, 0.29) is 40.0 Å². The molecule has 1 saturated carbocycles. The van der Waals surface area contributed by atoms with E-state index in [9.17, 15) is 9.50 Å². The SMILES string of the molecule is CCc1c(F)ccc2cc(O)cc(-c3nc(OC)c4c(N(C)CC5CC5)nc(OCC56CCCN5CCC6)nc4c3F)c12. The number of rotatable bonds is 9. The summed E-state index contributed by atoms with van der Waals surface area (Å²) in [4.78, 5) is 18.6. The number of hydrogen-bond acceptors (Lipinski definition) is 8. The Bertz CT molecular complexity index is 1720. The lowest BCUT2D eigenvalue weighted by molar-refractivity contribution is 0.108. The molecular formula is C33H37F2N5O3. The van der Waals surface area contributed by atoms with E-state index in [0.29, 0.717) is 46.5 Å². The first-order valence-corrected chi connectivity index (χ1v) is 15.3. The van der Waals surface area contributed by atoms with Gasteiger partial charge in [0.1, 0.15) is 40.6 Å². The molecule has 2 saturated heterocycles. The Labute approximate surface area is 249 Å². The van der Waals surface area contributed by atoms with Gasteiger partial charge < -0.3 is 19.5 Å². The van der Waals surface area contributed by atoms with Gasteiger partial charge in [-0.2, -0.15) is 9.97 Å². The van der Waals surface area contributed by atoms with Crippen LogP contribution in [0.5, 0.6) is 17.6 Å². The van der Waals surface area contributed by atoms with Crippen molar-refractivity contribution in [2.45, 2.75) is 57.4 Å². The lowest BCUT2D eigenvalue weighted by atomic mass is 9.94. The monoisotopic (exact) mass is 589 g/mol. The lowest BCUT2D eigenvalue weighted by Gasteiger charge is -2.31. The third kappa shape index (κ3) is 4.80. The number of nitrogens with zero attached hydrogens (tertiary/aromatic N) is 5. The first-order valence-electron chi connectivity index (χ1n) is 15.3. The number of phenolic OH excluding ortho intramolecular Hbond substituents is 1. The molecule has 1 aliphatic carbocycles. The molecule has 226 valence electrons. The summed E-state index contributed by atoms with van der Waals surface area (Å²) in [5, 5.41) is 12.0. The highest BCUT2D eigenvalue weighted by molar-refractivity contribution is 6.03. The fourth-order valence-corrected chi connectivity index (χ4v) is 7.24. The maximum Gasteiger partial charge on any atom is 0.319 e. The number of phenols is 1. The minimum atomic E-state index is -0.705. The quantitative estimate of drug-likeness (QED) is 0.245. The second-order valence-electron chi connectivity index (χ2n) is 12.3. The summed E-state index contributed by atoms with van der Waals surface area (Å²) in [6, 6.07) is 6.02. The second-order valence-corrected chi connectivity index (χ2v) is 12.3. The van der Waals surface area contributed by atoms with Crippen molar-refractivity contribution in [3.05, 3.63) is 41.5 Å². The molecule has 0 spiro atoms. The molecule has 7 rings (SSSR count). The van der Waals surface area contributed by atoms with Gasteiger partial charge in [0.05, 0.1) is 12.6 Å². The topological polar surface area (TPSA) is 83.8 Å². The number of anilines is 1. The summed E-state index contributed by atoms with van der Waals surface area (Å²) in [5.41, 5.74) is 0.592. The Kier molecular flexibility index (Phi) is 6.99. The number of aryl methyl sites for hydroxylation is 1. The fraction of sp³-hybridized carbons (Fsp3) is 0.485. The van der Waals surface area contributed by atoms with Crippen molar-refractivity contribution in [2.24, 2.45) is 5.92 Å². The van der Waals surface area contributed by atoms with Gasteiger partial charge in [0.15, 0.2) is 5.82 Å². The first-order chi connectivity index (χ1) is 20.8. The molecule has 8 nitrogen and oxygen atoms in total. The van der Waals surface area contributed by atoms with Crippen LogP contribution in [-0.2, 0) is 6.42 Å². The van der Waals surface area contributed by atoms with Crippen molar-refractivity contribution >= 4 is 27.5 Å². The number of fused-ring (bicyclic) bond motifs is 3. The first kappa shape index (κ1) is 28.0. The highest BCUT2D eigenvalue weighted by atomic mass is 19.1. The standard InChI is InChI=1S/C33H37F2N5O3/c1-4-22-24(34)10-9-20-15-21(41)16-23(25(20)22)28-27(35)29-26(31(36-28)42-3)30(39(2)17-19-7-8-19)38-32(37-29)43-18-33-11-5-13-40(33)14-6-12-33/h9-10,15-16,19,41H,4-8,11-14,17-18H2,1-3H3. The molecule has 0 atom stereocenters. The predicted octanol–water partition coefficient (Wildman–Crippen LogP) is 6.25. The van der Waals surface area contributed by atoms with E-state index < -0.39 is 11.6 Å². The van der Waals surface area contributed by atoms with Gasteiger partial charge in [-0.1, -0.05) is 13.0 Å². The fourth-order valence-electron chi connectivity index (χ4n) is 7.24. The highest BCUT2D eigenvalue weighted by Crippen LogP contribution is 2.43. The van der Waals surface area contributed by atoms with Crippen LogP contribution in [0.15, 0.2) is 24.3 Å². The Morgan fingerprint density at radius 2 is 1.84 bits per heavy atom. The lowest BCUT2D eigenvalue weighted by Crippen LogP contribution is -2.43.